The third-order valence-electron chi connectivity index (χ3n) is 5.94. The number of benzene rings is 1. The summed E-state index contributed by atoms with van der Waals surface area (Å²) in [6.45, 7) is 1.42. The molecule has 3 aromatic rings. The zero-order valence-electron chi connectivity index (χ0n) is 16.0. The lowest BCUT2D eigenvalue weighted by molar-refractivity contribution is 0.0831. The molecule has 2 aromatic heterocycles. The summed E-state index contributed by atoms with van der Waals surface area (Å²) < 4.78 is 40.8. The van der Waals surface area contributed by atoms with Crippen molar-refractivity contribution >= 4 is 0 Å². The van der Waals surface area contributed by atoms with Crippen LogP contribution in [0.15, 0.2) is 28.9 Å². The Labute approximate surface area is 166 Å². The van der Waals surface area contributed by atoms with Gasteiger partial charge in [0.25, 0.3) is 5.89 Å². The van der Waals surface area contributed by atoms with Crippen LogP contribution in [0.4, 0.5) is 8.78 Å². The Kier molecular flexibility index (Phi) is 4.87. The molecule has 1 saturated carbocycles. The highest BCUT2D eigenvalue weighted by atomic mass is 19.1. The van der Waals surface area contributed by atoms with E-state index in [1.54, 1.807) is 6.20 Å². The average molecular weight is 400 g/mol. The van der Waals surface area contributed by atoms with Crippen LogP contribution >= 0.6 is 0 Å². The van der Waals surface area contributed by atoms with Gasteiger partial charge in [-0.3, -0.25) is 4.68 Å². The summed E-state index contributed by atoms with van der Waals surface area (Å²) in [5.74, 6) is -0.532. The molecule has 152 valence electrons. The summed E-state index contributed by atoms with van der Waals surface area (Å²) >= 11 is 0. The number of ether oxygens (including phenoxy) is 1. The third-order valence-corrected chi connectivity index (χ3v) is 5.94. The first-order valence-corrected chi connectivity index (χ1v) is 10.2. The van der Waals surface area contributed by atoms with Gasteiger partial charge in [-0.25, -0.2) is 8.78 Å². The number of nitrogens with zero attached hydrogens (tertiary/aromatic N) is 4. The second-order valence-electron chi connectivity index (χ2n) is 7.76. The van der Waals surface area contributed by atoms with E-state index in [9.17, 15) is 8.78 Å². The predicted octanol–water partition coefficient (Wildman–Crippen LogP) is 4.89. The lowest BCUT2D eigenvalue weighted by atomic mass is 9.93. The van der Waals surface area contributed by atoms with Crippen LogP contribution in [0, 0.1) is 11.6 Å². The fraction of sp³-hybridized carbons (Fsp3) is 0.476. The third kappa shape index (κ3) is 3.46. The summed E-state index contributed by atoms with van der Waals surface area (Å²) in [4.78, 5) is 4.38. The van der Waals surface area contributed by atoms with Crippen molar-refractivity contribution < 1.29 is 18.0 Å². The molecular weight excluding hydrogens is 378 g/mol. The molecule has 29 heavy (non-hydrogen) atoms. The van der Waals surface area contributed by atoms with E-state index in [1.807, 2.05) is 0 Å². The van der Waals surface area contributed by atoms with Crippen LogP contribution in [0.5, 0.6) is 0 Å². The monoisotopic (exact) mass is 400 g/mol. The van der Waals surface area contributed by atoms with E-state index in [4.69, 9.17) is 9.26 Å². The van der Waals surface area contributed by atoms with Crippen molar-refractivity contribution in [1.82, 2.24) is 19.9 Å². The minimum Gasteiger partial charge on any atom is -0.381 e. The van der Waals surface area contributed by atoms with Gasteiger partial charge in [0.1, 0.15) is 11.6 Å². The molecule has 1 aromatic carbocycles. The van der Waals surface area contributed by atoms with Crippen LogP contribution in [-0.4, -0.2) is 33.1 Å². The van der Waals surface area contributed by atoms with Crippen LogP contribution in [0.1, 0.15) is 56.2 Å². The Bertz CT molecular complexity index is 1000. The molecule has 0 amide bonds. The average Bonchev–Trinajstić information content (AvgIpc) is 3.50. The maximum atomic E-state index is 14.1. The topological polar surface area (TPSA) is 66.0 Å². The maximum Gasteiger partial charge on any atom is 0.261 e. The molecule has 5 rings (SSSR count). The van der Waals surface area contributed by atoms with E-state index in [0.29, 0.717) is 25.2 Å². The number of hydrogen-bond acceptors (Lipinski definition) is 5. The van der Waals surface area contributed by atoms with E-state index in [-0.39, 0.29) is 17.3 Å². The van der Waals surface area contributed by atoms with Crippen molar-refractivity contribution in [2.24, 2.45) is 0 Å². The van der Waals surface area contributed by atoms with E-state index in [1.165, 1.54) is 12.8 Å². The minimum absolute atomic E-state index is 0.0178. The summed E-state index contributed by atoms with van der Waals surface area (Å²) in [6, 6.07) is 3.58. The van der Waals surface area contributed by atoms with Gasteiger partial charge in [0.15, 0.2) is 0 Å². The molecule has 2 aliphatic rings. The molecule has 0 spiro atoms. The van der Waals surface area contributed by atoms with Gasteiger partial charge >= 0.3 is 0 Å². The zero-order chi connectivity index (χ0) is 19.8. The molecular formula is C21H22F2N4O2. The first-order valence-electron chi connectivity index (χ1n) is 10.2. The van der Waals surface area contributed by atoms with Crippen LogP contribution in [0.25, 0.3) is 22.8 Å². The van der Waals surface area contributed by atoms with Crippen LogP contribution < -0.4 is 0 Å². The van der Waals surface area contributed by atoms with Crippen molar-refractivity contribution in [3.8, 4) is 22.8 Å². The fourth-order valence-electron chi connectivity index (χ4n) is 4.47. The number of aromatic nitrogens is 4. The highest BCUT2D eigenvalue weighted by Gasteiger charge is 2.30. The second kappa shape index (κ2) is 7.67. The molecule has 0 unspecified atom stereocenters. The standard InChI is InChI=1S/C21H22F2N4O2/c22-14-5-6-18(23)16(11-14)20-25-21(29-26-20)17-12-24-27(15-3-1-2-4-15)19(17)13-7-9-28-10-8-13/h5-6,11-13,15H,1-4,7-10H2. The molecule has 0 bridgehead atoms. The largest absolute Gasteiger partial charge is 0.381 e. The Balaban J connectivity index is 1.55. The quantitative estimate of drug-likeness (QED) is 0.624. The molecule has 1 aliphatic heterocycles. The van der Waals surface area contributed by atoms with Gasteiger partial charge in [-0.1, -0.05) is 18.0 Å². The Morgan fingerprint density at radius 3 is 2.59 bits per heavy atom. The summed E-state index contributed by atoms with van der Waals surface area (Å²) in [5.41, 5.74) is 1.85. The summed E-state index contributed by atoms with van der Waals surface area (Å²) in [7, 11) is 0. The molecule has 6 nitrogen and oxygen atoms in total. The molecule has 8 heteroatoms. The van der Waals surface area contributed by atoms with Crippen molar-refractivity contribution in [3.63, 3.8) is 0 Å². The normalized spacial score (nSPS) is 18.6. The van der Waals surface area contributed by atoms with Gasteiger partial charge in [0.2, 0.25) is 5.82 Å². The minimum atomic E-state index is -0.593. The van der Waals surface area contributed by atoms with Crippen molar-refractivity contribution in [3.05, 3.63) is 41.7 Å². The van der Waals surface area contributed by atoms with Gasteiger partial charge in [-0.05, 0) is 43.9 Å². The van der Waals surface area contributed by atoms with Crippen molar-refractivity contribution in [2.45, 2.75) is 50.5 Å². The fourth-order valence-corrected chi connectivity index (χ4v) is 4.47. The lowest BCUT2D eigenvalue weighted by Gasteiger charge is -2.25. The zero-order valence-corrected chi connectivity index (χ0v) is 16.0. The molecule has 1 aliphatic carbocycles. The Morgan fingerprint density at radius 2 is 1.79 bits per heavy atom. The Morgan fingerprint density at radius 1 is 1.00 bits per heavy atom. The van der Waals surface area contributed by atoms with Crippen LogP contribution in [-0.2, 0) is 4.74 Å². The highest BCUT2D eigenvalue weighted by molar-refractivity contribution is 5.62. The highest BCUT2D eigenvalue weighted by Crippen LogP contribution is 2.39. The molecule has 0 N–H and O–H groups in total. The smallest absolute Gasteiger partial charge is 0.261 e. The SMILES string of the molecule is Fc1ccc(F)c(-c2noc(-c3cnn(C4CCCC4)c3C3CCOCC3)n2)c1. The first-order chi connectivity index (χ1) is 14.2. The lowest BCUT2D eigenvalue weighted by Crippen LogP contribution is -2.20. The van der Waals surface area contributed by atoms with E-state index in [2.05, 4.69) is 19.9 Å². The van der Waals surface area contributed by atoms with E-state index >= 15 is 0 Å². The molecule has 2 fully saturated rings. The first kappa shape index (κ1) is 18.4. The summed E-state index contributed by atoms with van der Waals surface area (Å²) in [5, 5.41) is 8.58. The number of rotatable bonds is 4. The van der Waals surface area contributed by atoms with Gasteiger partial charge in [0.05, 0.1) is 29.1 Å². The molecule has 0 atom stereocenters. The van der Waals surface area contributed by atoms with E-state index < -0.39 is 11.6 Å². The molecule has 0 radical (unpaired) electrons. The Hall–Kier alpha value is -2.61. The van der Waals surface area contributed by atoms with Crippen molar-refractivity contribution in [2.75, 3.05) is 13.2 Å². The van der Waals surface area contributed by atoms with Gasteiger partial charge in [-0.2, -0.15) is 10.1 Å². The second-order valence-corrected chi connectivity index (χ2v) is 7.76. The predicted molar refractivity (Wildman–Crippen MR) is 101 cm³/mol. The van der Waals surface area contributed by atoms with Crippen LogP contribution in [0.3, 0.4) is 0 Å². The van der Waals surface area contributed by atoms with Gasteiger partial charge in [0, 0.05) is 19.1 Å². The van der Waals surface area contributed by atoms with Crippen LogP contribution in [0.2, 0.25) is 0 Å². The molecule has 1 saturated heterocycles. The maximum absolute atomic E-state index is 14.1. The van der Waals surface area contributed by atoms with Gasteiger partial charge < -0.3 is 9.26 Å². The summed E-state index contributed by atoms with van der Waals surface area (Å²) in [6.07, 6.45) is 8.22. The molecule has 3 heterocycles. The number of hydrogen-bond donors (Lipinski definition) is 0. The van der Waals surface area contributed by atoms with Crippen molar-refractivity contribution in [1.29, 1.82) is 0 Å². The van der Waals surface area contributed by atoms with Gasteiger partial charge in [-0.15, -0.1) is 0 Å². The number of halogens is 2. The van der Waals surface area contributed by atoms with E-state index in [0.717, 1.165) is 55.1 Å².